The molecule has 0 bridgehead atoms. The Labute approximate surface area is 203 Å². The molecule has 0 unspecified atom stereocenters. The molecule has 0 radical (unpaired) electrons. The van der Waals surface area contributed by atoms with E-state index in [4.69, 9.17) is 16.0 Å². The van der Waals surface area contributed by atoms with Crippen molar-refractivity contribution in [2.75, 3.05) is 13.1 Å². The summed E-state index contributed by atoms with van der Waals surface area (Å²) in [4.78, 5) is 41.7. The number of carboxylic acid groups (broad SMARTS) is 1. The Morgan fingerprint density at radius 3 is 2.47 bits per heavy atom. The Balaban J connectivity index is 1.49. The topological polar surface area (TPSA) is 103 Å². The maximum absolute atomic E-state index is 13.3. The fourth-order valence-corrected chi connectivity index (χ4v) is 5.24. The van der Waals surface area contributed by atoms with E-state index in [1.54, 1.807) is 41.3 Å². The van der Waals surface area contributed by atoms with Crippen LogP contribution in [0.5, 0.6) is 0 Å². The molecule has 9 heteroatoms. The van der Waals surface area contributed by atoms with Crippen LogP contribution in [-0.4, -0.2) is 64.0 Å². The van der Waals surface area contributed by atoms with Crippen molar-refractivity contribution in [2.45, 2.75) is 63.1 Å². The Morgan fingerprint density at radius 1 is 1.09 bits per heavy atom. The molecule has 8 nitrogen and oxygen atoms in total. The number of nitrogens with one attached hydrogen (secondary N) is 1. The fourth-order valence-electron chi connectivity index (χ4n) is 5.11. The number of likely N-dealkylation sites (tertiary alicyclic amines) is 1. The van der Waals surface area contributed by atoms with Gasteiger partial charge in [-0.1, -0.05) is 43.0 Å². The van der Waals surface area contributed by atoms with E-state index in [0.29, 0.717) is 30.3 Å². The van der Waals surface area contributed by atoms with Crippen molar-refractivity contribution in [1.82, 2.24) is 15.1 Å². The molecule has 2 N–H and O–H groups in total. The van der Waals surface area contributed by atoms with Gasteiger partial charge in [0, 0.05) is 30.6 Å². The first kappa shape index (κ1) is 24.1. The predicted octanol–water partition coefficient (Wildman–Crippen LogP) is 4.19. The molecule has 1 aliphatic carbocycles. The molecular formula is C25H30ClN3O5. The quantitative estimate of drug-likeness (QED) is 0.609. The highest BCUT2D eigenvalue weighted by Crippen LogP contribution is 2.29. The summed E-state index contributed by atoms with van der Waals surface area (Å²) < 4.78 is 5.40. The highest BCUT2D eigenvalue weighted by molar-refractivity contribution is 6.30. The van der Waals surface area contributed by atoms with Crippen molar-refractivity contribution in [2.24, 2.45) is 0 Å². The first-order valence-electron chi connectivity index (χ1n) is 11.8. The standard InChI is InChI=1S/C25H30ClN3O5/c26-18-10-8-17(9-11-18)15-21(27-25(32)33)23(30)28-13-12-20(16-28)29(19-5-2-1-3-6-19)24(31)22-7-4-14-34-22/h4,7-11,14,19-21,27H,1-3,5-6,12-13,15-16H2,(H,32,33)/t20-,21+/m0/s1. The predicted molar refractivity (Wildman–Crippen MR) is 127 cm³/mol. The van der Waals surface area contributed by atoms with Crippen LogP contribution in [0.1, 0.15) is 54.6 Å². The number of furan rings is 1. The minimum absolute atomic E-state index is 0.119. The van der Waals surface area contributed by atoms with E-state index in [1.165, 1.54) is 12.7 Å². The molecule has 0 spiro atoms. The molecule has 1 aromatic heterocycles. The van der Waals surface area contributed by atoms with Gasteiger partial charge in [-0.3, -0.25) is 9.59 Å². The number of amides is 3. The summed E-state index contributed by atoms with van der Waals surface area (Å²) in [7, 11) is 0. The van der Waals surface area contributed by atoms with Gasteiger partial charge in [-0.2, -0.15) is 0 Å². The third-order valence-electron chi connectivity index (χ3n) is 6.75. The lowest BCUT2D eigenvalue weighted by atomic mass is 9.92. The number of rotatable bonds is 7. The summed E-state index contributed by atoms with van der Waals surface area (Å²) in [6.07, 6.45) is 6.32. The van der Waals surface area contributed by atoms with Gasteiger partial charge in [0.25, 0.3) is 5.91 Å². The van der Waals surface area contributed by atoms with Crippen LogP contribution in [0.2, 0.25) is 5.02 Å². The Morgan fingerprint density at radius 2 is 1.82 bits per heavy atom. The minimum Gasteiger partial charge on any atom is -0.465 e. The van der Waals surface area contributed by atoms with E-state index >= 15 is 0 Å². The Kier molecular flexibility index (Phi) is 7.77. The maximum Gasteiger partial charge on any atom is 0.405 e. The zero-order chi connectivity index (χ0) is 24.1. The molecule has 1 aliphatic heterocycles. The second kappa shape index (κ2) is 11.0. The summed E-state index contributed by atoms with van der Waals surface area (Å²) >= 11 is 5.95. The van der Waals surface area contributed by atoms with E-state index in [9.17, 15) is 19.5 Å². The number of benzene rings is 1. The molecule has 2 aromatic rings. The molecule has 4 rings (SSSR count). The Hall–Kier alpha value is -3.00. The van der Waals surface area contributed by atoms with Crippen molar-refractivity contribution < 1.29 is 23.9 Å². The summed E-state index contributed by atoms with van der Waals surface area (Å²) in [6.45, 7) is 0.844. The maximum atomic E-state index is 13.3. The lowest BCUT2D eigenvalue weighted by Crippen LogP contribution is -2.52. The number of hydrogen-bond acceptors (Lipinski definition) is 4. The number of carbonyl (C=O) groups is 3. The average Bonchev–Trinajstić information content (AvgIpc) is 3.53. The van der Waals surface area contributed by atoms with Gasteiger partial charge in [-0.25, -0.2) is 4.79 Å². The summed E-state index contributed by atoms with van der Waals surface area (Å²) in [5.74, 6) is -0.116. The number of hydrogen-bond donors (Lipinski definition) is 2. The van der Waals surface area contributed by atoms with Crippen LogP contribution < -0.4 is 5.32 Å². The average molecular weight is 488 g/mol. The van der Waals surface area contributed by atoms with Crippen molar-refractivity contribution in [3.8, 4) is 0 Å². The molecule has 2 atom stereocenters. The van der Waals surface area contributed by atoms with Gasteiger partial charge in [0.05, 0.1) is 12.3 Å². The molecule has 182 valence electrons. The van der Waals surface area contributed by atoms with E-state index in [0.717, 1.165) is 31.2 Å². The third kappa shape index (κ3) is 5.73. The lowest BCUT2D eigenvalue weighted by Gasteiger charge is -2.38. The van der Waals surface area contributed by atoms with Crippen molar-refractivity contribution in [3.63, 3.8) is 0 Å². The first-order valence-corrected chi connectivity index (χ1v) is 12.2. The van der Waals surface area contributed by atoms with Crippen LogP contribution in [0.3, 0.4) is 0 Å². The van der Waals surface area contributed by atoms with Crippen LogP contribution in [0.15, 0.2) is 47.1 Å². The third-order valence-corrected chi connectivity index (χ3v) is 7.00. The highest BCUT2D eigenvalue weighted by atomic mass is 35.5. The molecule has 1 saturated carbocycles. The van der Waals surface area contributed by atoms with Gasteiger partial charge in [0.2, 0.25) is 5.91 Å². The SMILES string of the molecule is O=C(O)N[C@H](Cc1ccc(Cl)cc1)C(=O)N1CC[C@H](N(C(=O)c2ccco2)C2CCCCC2)C1. The van der Waals surface area contributed by atoms with Crippen molar-refractivity contribution in [3.05, 3.63) is 59.0 Å². The van der Waals surface area contributed by atoms with E-state index in [1.807, 2.05) is 4.90 Å². The molecule has 2 fully saturated rings. The summed E-state index contributed by atoms with van der Waals surface area (Å²) in [5, 5.41) is 12.3. The second-order valence-corrected chi connectivity index (χ2v) is 9.48. The first-order chi connectivity index (χ1) is 16.4. The van der Waals surface area contributed by atoms with E-state index < -0.39 is 12.1 Å². The molecule has 3 amide bonds. The van der Waals surface area contributed by atoms with Gasteiger partial charge in [-0.15, -0.1) is 0 Å². The summed E-state index contributed by atoms with van der Waals surface area (Å²) in [6, 6.07) is 9.45. The zero-order valence-corrected chi connectivity index (χ0v) is 19.7. The number of nitrogens with zero attached hydrogens (tertiary/aromatic N) is 2. The molecule has 34 heavy (non-hydrogen) atoms. The molecule has 1 aromatic carbocycles. The van der Waals surface area contributed by atoms with Crippen molar-refractivity contribution >= 4 is 29.5 Å². The zero-order valence-electron chi connectivity index (χ0n) is 19.0. The fraction of sp³-hybridized carbons (Fsp3) is 0.480. The summed E-state index contributed by atoms with van der Waals surface area (Å²) in [5.41, 5.74) is 0.809. The highest BCUT2D eigenvalue weighted by Gasteiger charge is 2.39. The molecule has 2 heterocycles. The second-order valence-electron chi connectivity index (χ2n) is 9.04. The number of halogens is 1. The van der Waals surface area contributed by atoms with Gasteiger partial charge < -0.3 is 24.6 Å². The van der Waals surface area contributed by atoms with E-state index in [2.05, 4.69) is 5.32 Å². The lowest BCUT2D eigenvalue weighted by molar-refractivity contribution is -0.132. The Bertz CT molecular complexity index is 988. The van der Waals surface area contributed by atoms with Crippen molar-refractivity contribution in [1.29, 1.82) is 0 Å². The van der Waals surface area contributed by atoms with Gasteiger partial charge in [0.15, 0.2) is 5.76 Å². The molecule has 1 saturated heterocycles. The molecule has 2 aliphatic rings. The smallest absolute Gasteiger partial charge is 0.405 e. The van der Waals surface area contributed by atoms with E-state index in [-0.39, 0.29) is 30.3 Å². The monoisotopic (exact) mass is 487 g/mol. The van der Waals surface area contributed by atoms with Gasteiger partial charge >= 0.3 is 6.09 Å². The normalized spacial score (nSPS) is 19.6. The van der Waals surface area contributed by atoms with Crippen LogP contribution >= 0.6 is 11.6 Å². The van der Waals surface area contributed by atoms with Crippen LogP contribution in [-0.2, 0) is 11.2 Å². The molecular weight excluding hydrogens is 458 g/mol. The van der Waals surface area contributed by atoms with Crippen LogP contribution in [0, 0.1) is 0 Å². The van der Waals surface area contributed by atoms with Crippen LogP contribution in [0.25, 0.3) is 0 Å². The largest absolute Gasteiger partial charge is 0.465 e. The van der Waals surface area contributed by atoms with Gasteiger partial charge in [0.1, 0.15) is 6.04 Å². The van der Waals surface area contributed by atoms with Gasteiger partial charge in [-0.05, 0) is 49.1 Å². The minimum atomic E-state index is -1.25. The number of carbonyl (C=O) groups excluding carboxylic acids is 2. The van der Waals surface area contributed by atoms with Crippen LogP contribution in [0.4, 0.5) is 4.79 Å².